The summed E-state index contributed by atoms with van der Waals surface area (Å²) in [5, 5.41) is 0. The van der Waals surface area contributed by atoms with Crippen LogP contribution in [-0.2, 0) is 0 Å². The van der Waals surface area contributed by atoms with Gasteiger partial charge >= 0.3 is 0 Å². The molecule has 0 N–H and O–H groups in total. The second kappa shape index (κ2) is 9.26. The molecular formula is C20H28N2O2. The molecule has 2 aromatic rings. The maximum absolute atomic E-state index is 5.82. The van der Waals surface area contributed by atoms with Crippen LogP contribution in [-0.4, -0.2) is 23.2 Å². The van der Waals surface area contributed by atoms with E-state index < -0.39 is 0 Å². The van der Waals surface area contributed by atoms with Crippen LogP contribution in [0.2, 0.25) is 0 Å². The minimum atomic E-state index is 0.573. The highest BCUT2D eigenvalue weighted by Crippen LogP contribution is 2.23. The summed E-state index contributed by atoms with van der Waals surface area (Å²) in [5.74, 6) is 2.98. The van der Waals surface area contributed by atoms with Gasteiger partial charge in [-0.1, -0.05) is 58.0 Å². The van der Waals surface area contributed by atoms with Gasteiger partial charge in [-0.25, -0.2) is 0 Å². The molecule has 4 heteroatoms. The lowest BCUT2D eigenvalue weighted by atomic mass is 10.1. The number of rotatable bonds is 9. The average molecular weight is 328 g/mol. The second-order valence-corrected chi connectivity index (χ2v) is 6.80. The van der Waals surface area contributed by atoms with Gasteiger partial charge in [0.25, 0.3) is 0 Å². The van der Waals surface area contributed by atoms with Crippen LogP contribution in [0.1, 0.15) is 40.5 Å². The van der Waals surface area contributed by atoms with Crippen LogP contribution < -0.4 is 9.47 Å². The molecule has 0 unspecified atom stereocenters. The summed E-state index contributed by atoms with van der Waals surface area (Å²) in [7, 11) is 0. The Labute approximate surface area is 145 Å². The summed E-state index contributed by atoms with van der Waals surface area (Å²) < 4.78 is 11.6. The SMILES string of the molecule is CC(C)CCOc1cc(OCCC(C)C)nc(-c2ccccc2)n1. The van der Waals surface area contributed by atoms with Gasteiger partial charge in [-0.3, -0.25) is 0 Å². The van der Waals surface area contributed by atoms with Gasteiger partial charge in [-0.2, -0.15) is 9.97 Å². The van der Waals surface area contributed by atoms with E-state index in [4.69, 9.17) is 9.47 Å². The second-order valence-electron chi connectivity index (χ2n) is 6.80. The first kappa shape index (κ1) is 18.2. The Bertz CT molecular complexity index is 580. The molecular weight excluding hydrogens is 300 g/mol. The van der Waals surface area contributed by atoms with Crippen LogP contribution in [0.5, 0.6) is 11.8 Å². The summed E-state index contributed by atoms with van der Waals surface area (Å²) in [6.45, 7) is 10.0. The third-order valence-corrected chi connectivity index (χ3v) is 3.60. The van der Waals surface area contributed by atoms with Crippen LogP contribution >= 0.6 is 0 Å². The Balaban J connectivity index is 2.16. The molecule has 0 bridgehead atoms. The largest absolute Gasteiger partial charge is 0.477 e. The maximum Gasteiger partial charge on any atom is 0.220 e. The van der Waals surface area contributed by atoms with E-state index in [0.717, 1.165) is 18.4 Å². The molecule has 2 rings (SSSR count). The van der Waals surface area contributed by atoms with Gasteiger partial charge in [0.15, 0.2) is 5.82 Å². The molecule has 0 spiro atoms. The summed E-state index contributed by atoms with van der Waals surface area (Å²) in [5.41, 5.74) is 0.959. The number of aromatic nitrogens is 2. The molecule has 24 heavy (non-hydrogen) atoms. The van der Waals surface area contributed by atoms with Gasteiger partial charge in [0, 0.05) is 5.56 Å². The van der Waals surface area contributed by atoms with E-state index in [0.29, 0.717) is 42.6 Å². The van der Waals surface area contributed by atoms with Crippen molar-refractivity contribution in [2.24, 2.45) is 11.8 Å². The van der Waals surface area contributed by atoms with E-state index in [9.17, 15) is 0 Å². The minimum absolute atomic E-state index is 0.573. The summed E-state index contributed by atoms with van der Waals surface area (Å²) in [6.07, 6.45) is 1.99. The fourth-order valence-electron chi connectivity index (χ4n) is 2.07. The first-order chi connectivity index (χ1) is 11.5. The standard InChI is InChI=1S/C20H28N2O2/c1-15(2)10-12-23-18-14-19(24-13-11-16(3)4)22-20(21-18)17-8-6-5-7-9-17/h5-9,14-16H,10-13H2,1-4H3. The van der Waals surface area contributed by atoms with E-state index in [-0.39, 0.29) is 0 Å². The van der Waals surface area contributed by atoms with Gasteiger partial charge in [0.1, 0.15) is 0 Å². The molecule has 0 fully saturated rings. The number of ether oxygens (including phenoxy) is 2. The van der Waals surface area contributed by atoms with Crippen LogP contribution in [0.4, 0.5) is 0 Å². The van der Waals surface area contributed by atoms with Gasteiger partial charge in [0.05, 0.1) is 19.3 Å². The maximum atomic E-state index is 5.82. The van der Waals surface area contributed by atoms with Gasteiger partial charge in [-0.05, 0) is 24.7 Å². The Morgan fingerprint density at radius 1 is 0.792 bits per heavy atom. The first-order valence-electron chi connectivity index (χ1n) is 8.74. The first-order valence-corrected chi connectivity index (χ1v) is 8.74. The normalized spacial score (nSPS) is 11.1. The number of hydrogen-bond acceptors (Lipinski definition) is 4. The van der Waals surface area contributed by atoms with Crippen molar-refractivity contribution in [2.45, 2.75) is 40.5 Å². The van der Waals surface area contributed by atoms with Crippen LogP contribution in [0.25, 0.3) is 11.4 Å². The van der Waals surface area contributed by atoms with Crippen molar-refractivity contribution in [1.82, 2.24) is 9.97 Å². The fraction of sp³-hybridized carbons (Fsp3) is 0.500. The van der Waals surface area contributed by atoms with E-state index >= 15 is 0 Å². The van der Waals surface area contributed by atoms with E-state index in [2.05, 4.69) is 37.7 Å². The predicted molar refractivity (Wildman–Crippen MR) is 97.4 cm³/mol. The molecule has 1 aromatic carbocycles. The van der Waals surface area contributed by atoms with E-state index in [1.807, 2.05) is 30.3 Å². The lowest BCUT2D eigenvalue weighted by Gasteiger charge is -2.12. The van der Waals surface area contributed by atoms with Crippen LogP contribution in [0.15, 0.2) is 36.4 Å². The molecule has 0 aliphatic heterocycles. The zero-order valence-electron chi connectivity index (χ0n) is 15.2. The summed E-state index contributed by atoms with van der Waals surface area (Å²) in [4.78, 5) is 9.06. The van der Waals surface area contributed by atoms with Gasteiger partial charge in [-0.15, -0.1) is 0 Å². The van der Waals surface area contributed by atoms with Crippen LogP contribution in [0.3, 0.4) is 0 Å². The van der Waals surface area contributed by atoms with Crippen molar-refractivity contribution >= 4 is 0 Å². The molecule has 0 amide bonds. The fourth-order valence-corrected chi connectivity index (χ4v) is 2.07. The smallest absolute Gasteiger partial charge is 0.220 e. The molecule has 0 saturated heterocycles. The molecule has 1 aromatic heterocycles. The molecule has 1 heterocycles. The average Bonchev–Trinajstić information content (AvgIpc) is 2.55. The summed E-state index contributed by atoms with van der Waals surface area (Å²) >= 11 is 0. The third-order valence-electron chi connectivity index (χ3n) is 3.60. The monoisotopic (exact) mass is 328 g/mol. The number of benzene rings is 1. The third kappa shape index (κ3) is 6.19. The number of hydrogen-bond donors (Lipinski definition) is 0. The van der Waals surface area contributed by atoms with Crippen molar-refractivity contribution < 1.29 is 9.47 Å². The van der Waals surface area contributed by atoms with Crippen molar-refractivity contribution in [2.75, 3.05) is 13.2 Å². The molecule has 0 saturated carbocycles. The van der Waals surface area contributed by atoms with Crippen molar-refractivity contribution in [3.63, 3.8) is 0 Å². The quantitative estimate of drug-likeness (QED) is 0.650. The lowest BCUT2D eigenvalue weighted by Crippen LogP contribution is -2.07. The molecule has 0 atom stereocenters. The van der Waals surface area contributed by atoms with Crippen LogP contribution in [0, 0.1) is 11.8 Å². The van der Waals surface area contributed by atoms with Crippen molar-refractivity contribution in [1.29, 1.82) is 0 Å². The highest BCUT2D eigenvalue weighted by Gasteiger charge is 2.09. The van der Waals surface area contributed by atoms with Crippen molar-refractivity contribution in [3.05, 3.63) is 36.4 Å². The Morgan fingerprint density at radius 3 is 1.75 bits per heavy atom. The highest BCUT2D eigenvalue weighted by atomic mass is 16.5. The molecule has 4 nitrogen and oxygen atoms in total. The Morgan fingerprint density at radius 2 is 1.29 bits per heavy atom. The van der Waals surface area contributed by atoms with Gasteiger partial charge < -0.3 is 9.47 Å². The lowest BCUT2D eigenvalue weighted by molar-refractivity contribution is 0.263. The Kier molecular flexibility index (Phi) is 7.04. The minimum Gasteiger partial charge on any atom is -0.477 e. The van der Waals surface area contributed by atoms with E-state index in [1.54, 1.807) is 6.07 Å². The summed E-state index contributed by atoms with van der Waals surface area (Å²) in [6, 6.07) is 11.7. The predicted octanol–water partition coefficient (Wildman–Crippen LogP) is 4.99. The molecule has 0 radical (unpaired) electrons. The van der Waals surface area contributed by atoms with Gasteiger partial charge in [0.2, 0.25) is 11.8 Å². The van der Waals surface area contributed by atoms with Crippen molar-refractivity contribution in [3.8, 4) is 23.1 Å². The molecule has 0 aliphatic rings. The highest BCUT2D eigenvalue weighted by molar-refractivity contribution is 5.55. The Hall–Kier alpha value is -2.10. The topological polar surface area (TPSA) is 44.2 Å². The zero-order valence-corrected chi connectivity index (χ0v) is 15.2. The zero-order chi connectivity index (χ0) is 17.4. The number of nitrogens with zero attached hydrogens (tertiary/aromatic N) is 2. The van der Waals surface area contributed by atoms with E-state index in [1.165, 1.54) is 0 Å². The molecule has 0 aliphatic carbocycles. The molecule has 130 valence electrons.